The molecule has 4 rings (SSSR count). The quantitative estimate of drug-likeness (QED) is 0.491. The van der Waals surface area contributed by atoms with Crippen molar-refractivity contribution in [3.05, 3.63) is 77.9 Å². The fourth-order valence-electron chi connectivity index (χ4n) is 3.19. The monoisotopic (exact) mass is 399 g/mol. The normalized spacial score (nSPS) is 14.8. The van der Waals surface area contributed by atoms with Gasteiger partial charge in [0.1, 0.15) is 11.6 Å². The lowest BCUT2D eigenvalue weighted by atomic mass is 10.0. The molecule has 29 heavy (non-hydrogen) atoms. The molecule has 0 atom stereocenters. The van der Waals surface area contributed by atoms with Crippen LogP contribution >= 0.6 is 0 Å². The number of carbonyl (C=O) groups is 1. The summed E-state index contributed by atoms with van der Waals surface area (Å²) >= 11 is 0. The van der Waals surface area contributed by atoms with Gasteiger partial charge in [-0.25, -0.2) is 9.97 Å². The predicted molar refractivity (Wildman–Crippen MR) is 98.7 cm³/mol. The Morgan fingerprint density at radius 1 is 0.966 bits per heavy atom. The SMILES string of the molecule is O=C1CN(Cc2ncccn2)Cc2cc(-c3ccc(C(F)(F)F)cc3)ccc2O1. The van der Waals surface area contributed by atoms with Crippen LogP contribution in [0, 0.1) is 0 Å². The van der Waals surface area contributed by atoms with E-state index in [0.29, 0.717) is 30.2 Å². The van der Waals surface area contributed by atoms with E-state index in [4.69, 9.17) is 4.74 Å². The number of ether oxygens (including phenoxy) is 1. The number of carbonyl (C=O) groups excluding carboxylic acids is 1. The van der Waals surface area contributed by atoms with Crippen LogP contribution in [-0.4, -0.2) is 27.4 Å². The molecule has 0 bridgehead atoms. The molecule has 1 aliphatic heterocycles. The molecule has 0 fully saturated rings. The van der Waals surface area contributed by atoms with Crippen molar-refractivity contribution in [1.82, 2.24) is 14.9 Å². The highest BCUT2D eigenvalue weighted by atomic mass is 19.4. The molecular weight excluding hydrogens is 383 g/mol. The Balaban J connectivity index is 1.61. The van der Waals surface area contributed by atoms with Crippen molar-refractivity contribution in [3.63, 3.8) is 0 Å². The van der Waals surface area contributed by atoms with Crippen LogP contribution in [0.15, 0.2) is 60.9 Å². The molecule has 0 N–H and O–H groups in total. The lowest BCUT2D eigenvalue weighted by Crippen LogP contribution is -2.29. The summed E-state index contributed by atoms with van der Waals surface area (Å²) in [6, 6.07) is 11.9. The zero-order chi connectivity index (χ0) is 20.4. The number of aromatic nitrogens is 2. The second-order valence-corrected chi connectivity index (χ2v) is 6.68. The van der Waals surface area contributed by atoms with E-state index >= 15 is 0 Å². The summed E-state index contributed by atoms with van der Waals surface area (Å²) in [5, 5.41) is 0. The summed E-state index contributed by atoms with van der Waals surface area (Å²) in [5.41, 5.74) is 1.46. The van der Waals surface area contributed by atoms with Crippen LogP contribution in [0.3, 0.4) is 0 Å². The largest absolute Gasteiger partial charge is 0.425 e. The molecule has 0 aliphatic carbocycles. The minimum absolute atomic E-state index is 0.0859. The first-order chi connectivity index (χ1) is 13.9. The topological polar surface area (TPSA) is 55.3 Å². The molecule has 2 heterocycles. The van der Waals surface area contributed by atoms with Gasteiger partial charge in [-0.2, -0.15) is 13.2 Å². The molecule has 148 valence electrons. The van der Waals surface area contributed by atoms with Crippen molar-refractivity contribution in [2.75, 3.05) is 6.54 Å². The lowest BCUT2D eigenvalue weighted by Gasteiger charge is -2.17. The van der Waals surface area contributed by atoms with Crippen LogP contribution in [0.4, 0.5) is 13.2 Å². The van der Waals surface area contributed by atoms with Crippen LogP contribution < -0.4 is 4.74 Å². The molecule has 1 aromatic heterocycles. The predicted octanol–water partition coefficient (Wildman–Crippen LogP) is 4.08. The van der Waals surface area contributed by atoms with Crippen molar-refractivity contribution < 1.29 is 22.7 Å². The third-order valence-corrected chi connectivity index (χ3v) is 4.56. The number of benzene rings is 2. The highest BCUT2D eigenvalue weighted by molar-refractivity contribution is 5.76. The maximum Gasteiger partial charge on any atom is 0.416 e. The molecule has 5 nitrogen and oxygen atoms in total. The van der Waals surface area contributed by atoms with Gasteiger partial charge in [-0.3, -0.25) is 9.69 Å². The van der Waals surface area contributed by atoms with E-state index in [1.807, 2.05) is 11.0 Å². The van der Waals surface area contributed by atoms with E-state index in [9.17, 15) is 18.0 Å². The summed E-state index contributed by atoms with van der Waals surface area (Å²) in [7, 11) is 0. The first-order valence-electron chi connectivity index (χ1n) is 8.88. The molecule has 0 spiro atoms. The highest BCUT2D eigenvalue weighted by Crippen LogP contribution is 2.33. The van der Waals surface area contributed by atoms with Gasteiger partial charge in [0.2, 0.25) is 0 Å². The Hall–Kier alpha value is -3.26. The van der Waals surface area contributed by atoms with Crippen molar-refractivity contribution >= 4 is 5.97 Å². The van der Waals surface area contributed by atoms with Crippen molar-refractivity contribution in [2.24, 2.45) is 0 Å². The number of hydrogen-bond donors (Lipinski definition) is 0. The van der Waals surface area contributed by atoms with Gasteiger partial charge < -0.3 is 4.74 Å². The number of halogens is 3. The Morgan fingerprint density at radius 3 is 2.34 bits per heavy atom. The fourth-order valence-corrected chi connectivity index (χ4v) is 3.19. The van der Waals surface area contributed by atoms with Crippen molar-refractivity contribution in [3.8, 4) is 16.9 Å². The van der Waals surface area contributed by atoms with E-state index in [2.05, 4.69) is 9.97 Å². The zero-order valence-electron chi connectivity index (χ0n) is 15.2. The summed E-state index contributed by atoms with van der Waals surface area (Å²) in [4.78, 5) is 22.3. The van der Waals surface area contributed by atoms with Crippen LogP contribution in [0.1, 0.15) is 17.0 Å². The van der Waals surface area contributed by atoms with E-state index in [1.54, 1.807) is 30.6 Å². The first kappa shape index (κ1) is 19.1. The second-order valence-electron chi connectivity index (χ2n) is 6.68. The molecule has 0 saturated heterocycles. The average molecular weight is 399 g/mol. The molecule has 0 radical (unpaired) electrons. The Bertz CT molecular complexity index is 1020. The highest BCUT2D eigenvalue weighted by Gasteiger charge is 2.30. The minimum Gasteiger partial charge on any atom is -0.425 e. The maximum absolute atomic E-state index is 12.8. The molecule has 0 unspecified atom stereocenters. The van der Waals surface area contributed by atoms with E-state index in [0.717, 1.165) is 23.3 Å². The van der Waals surface area contributed by atoms with Crippen LogP contribution in [-0.2, 0) is 24.1 Å². The smallest absolute Gasteiger partial charge is 0.416 e. The van der Waals surface area contributed by atoms with E-state index in [1.165, 1.54) is 12.1 Å². The van der Waals surface area contributed by atoms with E-state index in [-0.39, 0.29) is 12.5 Å². The number of hydrogen-bond acceptors (Lipinski definition) is 5. The minimum atomic E-state index is -4.37. The number of esters is 1. The molecular formula is C21H16F3N3O2. The van der Waals surface area contributed by atoms with Gasteiger partial charge in [-0.1, -0.05) is 18.2 Å². The number of rotatable bonds is 3. The number of fused-ring (bicyclic) bond motifs is 1. The van der Waals surface area contributed by atoms with Gasteiger partial charge in [0.05, 0.1) is 18.7 Å². The van der Waals surface area contributed by atoms with Gasteiger partial charge in [0, 0.05) is 24.5 Å². The molecule has 0 saturated carbocycles. The fraction of sp³-hybridized carbons (Fsp3) is 0.190. The number of alkyl halides is 3. The summed E-state index contributed by atoms with van der Waals surface area (Å²) < 4.78 is 43.8. The third kappa shape index (κ3) is 4.43. The van der Waals surface area contributed by atoms with Crippen LogP contribution in [0.25, 0.3) is 11.1 Å². The Morgan fingerprint density at radius 2 is 1.66 bits per heavy atom. The molecule has 8 heteroatoms. The third-order valence-electron chi connectivity index (χ3n) is 4.56. The summed E-state index contributed by atoms with van der Waals surface area (Å²) in [6.45, 7) is 0.885. The van der Waals surface area contributed by atoms with E-state index < -0.39 is 11.7 Å². The van der Waals surface area contributed by atoms with Gasteiger partial charge in [-0.05, 0) is 41.5 Å². The summed E-state index contributed by atoms with van der Waals surface area (Å²) in [5.74, 6) is 0.645. The Kier molecular flexibility index (Phi) is 5.02. The van der Waals surface area contributed by atoms with Crippen LogP contribution in [0.5, 0.6) is 5.75 Å². The van der Waals surface area contributed by atoms with Gasteiger partial charge in [-0.15, -0.1) is 0 Å². The maximum atomic E-state index is 12.8. The molecule has 0 amide bonds. The van der Waals surface area contributed by atoms with Crippen molar-refractivity contribution in [2.45, 2.75) is 19.3 Å². The van der Waals surface area contributed by atoms with Gasteiger partial charge >= 0.3 is 12.1 Å². The second kappa shape index (κ2) is 7.63. The van der Waals surface area contributed by atoms with Crippen molar-refractivity contribution in [1.29, 1.82) is 0 Å². The molecule has 3 aromatic rings. The Labute approximate surface area is 164 Å². The van der Waals surface area contributed by atoms with Gasteiger partial charge in [0.25, 0.3) is 0 Å². The first-order valence-corrected chi connectivity index (χ1v) is 8.88. The molecule has 2 aromatic carbocycles. The molecule has 1 aliphatic rings. The standard InChI is InChI=1S/C21H16F3N3O2/c22-21(23,24)17-5-2-14(3-6-17)15-4-7-18-16(10-15)11-27(13-20(28)29-18)12-19-25-8-1-9-26-19/h1-10H,11-13H2. The van der Waals surface area contributed by atoms with Crippen LogP contribution in [0.2, 0.25) is 0 Å². The van der Waals surface area contributed by atoms with Gasteiger partial charge in [0.15, 0.2) is 0 Å². The number of nitrogens with zero attached hydrogens (tertiary/aromatic N) is 3. The lowest BCUT2D eigenvalue weighted by molar-refractivity contribution is -0.137. The average Bonchev–Trinajstić information content (AvgIpc) is 2.85. The summed E-state index contributed by atoms with van der Waals surface area (Å²) in [6.07, 6.45) is -1.11. The zero-order valence-corrected chi connectivity index (χ0v) is 15.2.